The molecule has 0 bridgehead atoms. The lowest BCUT2D eigenvalue weighted by atomic mass is 10.2. The van der Waals surface area contributed by atoms with Gasteiger partial charge in [0.1, 0.15) is 11.4 Å². The predicted octanol–water partition coefficient (Wildman–Crippen LogP) is 3.36. The van der Waals surface area contributed by atoms with Crippen molar-refractivity contribution < 1.29 is 9.53 Å². The number of carbonyl (C=O) groups excluding carboxylic acids is 1. The van der Waals surface area contributed by atoms with Crippen molar-refractivity contribution in [3.8, 4) is 5.75 Å². The molecule has 2 rings (SSSR count). The van der Waals surface area contributed by atoms with Crippen molar-refractivity contribution in [3.63, 3.8) is 0 Å². The second kappa shape index (κ2) is 7.45. The highest BCUT2D eigenvalue weighted by Gasteiger charge is 2.09. The first kappa shape index (κ1) is 15.8. The summed E-state index contributed by atoms with van der Waals surface area (Å²) in [6.07, 6.45) is 2.54. The van der Waals surface area contributed by atoms with Crippen LogP contribution < -0.4 is 15.4 Å². The summed E-state index contributed by atoms with van der Waals surface area (Å²) >= 11 is 0. The minimum Gasteiger partial charge on any atom is -0.497 e. The van der Waals surface area contributed by atoms with Gasteiger partial charge in [0.15, 0.2) is 0 Å². The van der Waals surface area contributed by atoms with E-state index >= 15 is 0 Å². The number of anilines is 2. The average molecular weight is 299 g/mol. The van der Waals surface area contributed by atoms with E-state index in [0.29, 0.717) is 5.69 Å². The Bertz CT molecular complexity index is 609. The molecule has 5 nitrogen and oxygen atoms in total. The van der Waals surface area contributed by atoms with Crippen LogP contribution in [0.2, 0.25) is 0 Å². The van der Waals surface area contributed by atoms with Gasteiger partial charge in [-0.2, -0.15) is 0 Å². The normalized spacial score (nSPS) is 11.6. The molecule has 0 aliphatic carbocycles. The predicted molar refractivity (Wildman–Crippen MR) is 87.7 cm³/mol. The molecule has 1 unspecified atom stereocenters. The largest absolute Gasteiger partial charge is 0.497 e. The molecule has 1 heterocycles. The summed E-state index contributed by atoms with van der Waals surface area (Å²) in [5.41, 5.74) is 2.17. The quantitative estimate of drug-likeness (QED) is 0.858. The van der Waals surface area contributed by atoms with Crippen molar-refractivity contribution in [1.82, 2.24) is 10.3 Å². The SMILES string of the molecule is CCC(C)NC(=O)c1ccc(Nc2ccc(OC)cc2)cn1. The summed E-state index contributed by atoms with van der Waals surface area (Å²) in [4.78, 5) is 16.1. The van der Waals surface area contributed by atoms with Crippen LogP contribution in [0.5, 0.6) is 5.75 Å². The number of amides is 1. The minimum atomic E-state index is -0.148. The fourth-order valence-corrected chi connectivity index (χ4v) is 1.84. The summed E-state index contributed by atoms with van der Waals surface area (Å²) in [5.74, 6) is 0.658. The van der Waals surface area contributed by atoms with Crippen molar-refractivity contribution in [3.05, 3.63) is 48.3 Å². The maximum atomic E-state index is 11.9. The molecule has 1 aromatic heterocycles. The Kier molecular flexibility index (Phi) is 5.36. The van der Waals surface area contributed by atoms with E-state index in [9.17, 15) is 4.79 Å². The third-order valence-corrected chi connectivity index (χ3v) is 3.36. The van der Waals surface area contributed by atoms with Crippen LogP contribution >= 0.6 is 0 Å². The lowest BCUT2D eigenvalue weighted by Crippen LogP contribution is -2.32. The van der Waals surface area contributed by atoms with Crippen molar-refractivity contribution in [1.29, 1.82) is 0 Å². The van der Waals surface area contributed by atoms with Crippen LogP contribution in [0, 0.1) is 0 Å². The van der Waals surface area contributed by atoms with Crippen molar-refractivity contribution in [2.75, 3.05) is 12.4 Å². The number of benzene rings is 1. The fourth-order valence-electron chi connectivity index (χ4n) is 1.84. The third kappa shape index (κ3) is 4.22. The third-order valence-electron chi connectivity index (χ3n) is 3.36. The van der Waals surface area contributed by atoms with Gasteiger partial charge in [-0.15, -0.1) is 0 Å². The number of nitrogens with one attached hydrogen (secondary N) is 2. The van der Waals surface area contributed by atoms with E-state index in [1.54, 1.807) is 19.4 Å². The highest BCUT2D eigenvalue weighted by atomic mass is 16.5. The zero-order valence-electron chi connectivity index (χ0n) is 13.1. The summed E-state index contributed by atoms with van der Waals surface area (Å²) in [7, 11) is 1.63. The summed E-state index contributed by atoms with van der Waals surface area (Å²) in [5, 5.41) is 6.12. The van der Waals surface area contributed by atoms with E-state index in [1.807, 2.05) is 44.2 Å². The van der Waals surface area contributed by atoms with Crippen LogP contribution in [0.1, 0.15) is 30.8 Å². The van der Waals surface area contributed by atoms with E-state index in [4.69, 9.17) is 4.74 Å². The van der Waals surface area contributed by atoms with Crippen LogP contribution in [0.4, 0.5) is 11.4 Å². The summed E-state index contributed by atoms with van der Waals surface area (Å²) in [6.45, 7) is 4.00. The molecule has 0 radical (unpaired) electrons. The fraction of sp³-hybridized carbons (Fsp3) is 0.294. The number of nitrogens with zero attached hydrogens (tertiary/aromatic N) is 1. The van der Waals surface area contributed by atoms with E-state index in [0.717, 1.165) is 23.5 Å². The van der Waals surface area contributed by atoms with E-state index in [-0.39, 0.29) is 11.9 Å². The molecule has 116 valence electrons. The number of carbonyl (C=O) groups is 1. The molecule has 22 heavy (non-hydrogen) atoms. The highest BCUT2D eigenvalue weighted by molar-refractivity contribution is 5.92. The van der Waals surface area contributed by atoms with Crippen LogP contribution in [0.3, 0.4) is 0 Å². The molecule has 1 atom stereocenters. The van der Waals surface area contributed by atoms with Crippen LogP contribution in [-0.4, -0.2) is 24.0 Å². The first-order valence-electron chi connectivity index (χ1n) is 7.30. The standard InChI is InChI=1S/C17H21N3O2/c1-4-12(2)19-17(21)16-10-7-14(11-18-16)20-13-5-8-15(22-3)9-6-13/h5-12,20H,4H2,1-3H3,(H,19,21). The van der Waals surface area contributed by atoms with E-state index < -0.39 is 0 Å². The summed E-state index contributed by atoms with van der Waals surface area (Å²) in [6, 6.07) is 11.3. The second-order valence-electron chi connectivity index (χ2n) is 5.07. The van der Waals surface area contributed by atoms with Gasteiger partial charge in [0.2, 0.25) is 0 Å². The highest BCUT2D eigenvalue weighted by Crippen LogP contribution is 2.19. The van der Waals surface area contributed by atoms with Crippen LogP contribution in [-0.2, 0) is 0 Å². The van der Waals surface area contributed by atoms with Gasteiger partial charge in [0, 0.05) is 11.7 Å². The van der Waals surface area contributed by atoms with Gasteiger partial charge >= 0.3 is 0 Å². The number of aromatic nitrogens is 1. The Morgan fingerprint density at radius 2 is 1.86 bits per heavy atom. The Hall–Kier alpha value is -2.56. The zero-order chi connectivity index (χ0) is 15.9. The molecule has 0 aliphatic rings. The maximum absolute atomic E-state index is 11.9. The van der Waals surface area contributed by atoms with Gasteiger partial charge in [-0.25, -0.2) is 4.98 Å². The topological polar surface area (TPSA) is 63.2 Å². The molecule has 0 fully saturated rings. The number of pyridine rings is 1. The molecule has 2 N–H and O–H groups in total. The molecule has 0 saturated carbocycles. The Balaban J connectivity index is 2.00. The number of hydrogen-bond acceptors (Lipinski definition) is 4. The Morgan fingerprint density at radius 1 is 1.18 bits per heavy atom. The van der Waals surface area contributed by atoms with Gasteiger partial charge in [0.25, 0.3) is 5.91 Å². The Labute approximate surface area is 130 Å². The van der Waals surface area contributed by atoms with E-state index in [2.05, 4.69) is 15.6 Å². The monoisotopic (exact) mass is 299 g/mol. The van der Waals surface area contributed by atoms with Crippen LogP contribution in [0.15, 0.2) is 42.6 Å². The first-order valence-corrected chi connectivity index (χ1v) is 7.30. The molecule has 0 aliphatic heterocycles. The molecular formula is C17H21N3O2. The summed E-state index contributed by atoms with van der Waals surface area (Å²) < 4.78 is 5.12. The molecule has 0 spiro atoms. The van der Waals surface area contributed by atoms with Crippen molar-refractivity contribution in [2.24, 2.45) is 0 Å². The van der Waals surface area contributed by atoms with E-state index in [1.165, 1.54) is 0 Å². The second-order valence-corrected chi connectivity index (χ2v) is 5.07. The number of hydrogen-bond donors (Lipinski definition) is 2. The van der Waals surface area contributed by atoms with Gasteiger partial charge < -0.3 is 15.4 Å². The van der Waals surface area contributed by atoms with Crippen molar-refractivity contribution >= 4 is 17.3 Å². The first-order chi connectivity index (χ1) is 10.6. The molecule has 2 aromatic rings. The van der Waals surface area contributed by atoms with Crippen molar-refractivity contribution in [2.45, 2.75) is 26.3 Å². The lowest BCUT2D eigenvalue weighted by molar-refractivity contribution is 0.0934. The smallest absolute Gasteiger partial charge is 0.270 e. The molecule has 0 saturated heterocycles. The average Bonchev–Trinajstić information content (AvgIpc) is 2.56. The molecular weight excluding hydrogens is 278 g/mol. The molecule has 5 heteroatoms. The lowest BCUT2D eigenvalue weighted by Gasteiger charge is -2.11. The zero-order valence-corrected chi connectivity index (χ0v) is 13.1. The number of methoxy groups -OCH3 is 1. The van der Waals surface area contributed by atoms with Crippen LogP contribution in [0.25, 0.3) is 0 Å². The number of ether oxygens (including phenoxy) is 1. The minimum absolute atomic E-state index is 0.145. The molecule has 1 aromatic carbocycles. The Morgan fingerprint density at radius 3 is 2.41 bits per heavy atom. The van der Waals surface area contributed by atoms with Gasteiger partial charge in [-0.3, -0.25) is 4.79 Å². The van der Waals surface area contributed by atoms with Gasteiger partial charge in [-0.1, -0.05) is 6.92 Å². The molecule has 1 amide bonds. The van der Waals surface area contributed by atoms with Gasteiger partial charge in [-0.05, 0) is 49.7 Å². The maximum Gasteiger partial charge on any atom is 0.270 e. The number of rotatable bonds is 6. The van der Waals surface area contributed by atoms with Gasteiger partial charge in [0.05, 0.1) is 19.0 Å².